The minimum absolute atomic E-state index is 0.0282. The number of fused-ring (bicyclic) bond motifs is 1. The van der Waals surface area contributed by atoms with Crippen LogP contribution in [0.5, 0.6) is 5.75 Å². The number of nitrogens with zero attached hydrogens (tertiary/aromatic N) is 3. The van der Waals surface area contributed by atoms with Crippen LogP contribution in [0.1, 0.15) is 43.8 Å². The Morgan fingerprint density at radius 2 is 1.75 bits per heavy atom. The van der Waals surface area contributed by atoms with Gasteiger partial charge in [0.2, 0.25) is 5.95 Å². The molecular formula is C22H30N4O2. The van der Waals surface area contributed by atoms with Gasteiger partial charge in [0.25, 0.3) is 0 Å². The van der Waals surface area contributed by atoms with E-state index in [-0.39, 0.29) is 11.6 Å². The smallest absolute Gasteiger partial charge is 0.225 e. The van der Waals surface area contributed by atoms with Gasteiger partial charge in [-0.15, -0.1) is 0 Å². The molecular weight excluding hydrogens is 352 g/mol. The second kappa shape index (κ2) is 7.33. The van der Waals surface area contributed by atoms with E-state index in [9.17, 15) is 0 Å². The maximum atomic E-state index is 6.15. The van der Waals surface area contributed by atoms with Crippen LogP contribution in [0.15, 0.2) is 18.2 Å². The number of hydrogen-bond donors (Lipinski definition) is 1. The number of nitrogens with one attached hydrogen (secondary N) is 1. The Balaban J connectivity index is 1.70. The molecule has 2 aliphatic rings. The number of rotatable bonds is 3. The van der Waals surface area contributed by atoms with Crippen molar-refractivity contribution in [2.75, 3.05) is 37.8 Å². The lowest BCUT2D eigenvalue weighted by molar-refractivity contribution is 0.122. The van der Waals surface area contributed by atoms with Gasteiger partial charge >= 0.3 is 0 Å². The molecule has 6 heteroatoms. The van der Waals surface area contributed by atoms with E-state index in [2.05, 4.69) is 63.0 Å². The third-order valence-electron chi connectivity index (χ3n) is 5.24. The van der Waals surface area contributed by atoms with Crippen LogP contribution < -0.4 is 15.0 Å². The first kappa shape index (κ1) is 19.2. The van der Waals surface area contributed by atoms with Crippen LogP contribution >= 0.6 is 0 Å². The average molecular weight is 383 g/mol. The molecule has 0 aliphatic carbocycles. The van der Waals surface area contributed by atoms with Crippen molar-refractivity contribution < 1.29 is 9.47 Å². The summed E-state index contributed by atoms with van der Waals surface area (Å²) in [6, 6.07) is 6.58. The fourth-order valence-corrected chi connectivity index (χ4v) is 4.08. The van der Waals surface area contributed by atoms with Crippen LogP contribution in [0, 0.1) is 13.8 Å². The zero-order valence-electron chi connectivity index (χ0n) is 17.5. The predicted molar refractivity (Wildman–Crippen MR) is 111 cm³/mol. The molecule has 1 aromatic carbocycles. The van der Waals surface area contributed by atoms with E-state index in [0.717, 1.165) is 60.5 Å². The number of ether oxygens (including phenoxy) is 2. The highest BCUT2D eigenvalue weighted by molar-refractivity contribution is 5.77. The van der Waals surface area contributed by atoms with Crippen molar-refractivity contribution >= 4 is 5.95 Å². The molecule has 0 saturated carbocycles. The van der Waals surface area contributed by atoms with E-state index < -0.39 is 0 Å². The summed E-state index contributed by atoms with van der Waals surface area (Å²) in [5.74, 6) is 1.75. The second-order valence-corrected chi connectivity index (χ2v) is 8.65. The maximum Gasteiger partial charge on any atom is 0.225 e. The van der Waals surface area contributed by atoms with E-state index in [0.29, 0.717) is 6.61 Å². The quantitative estimate of drug-likeness (QED) is 0.878. The molecule has 28 heavy (non-hydrogen) atoms. The highest BCUT2D eigenvalue weighted by Crippen LogP contribution is 2.43. The molecule has 2 aliphatic heterocycles. The van der Waals surface area contributed by atoms with Gasteiger partial charge in [0.15, 0.2) is 0 Å². The Kier molecular flexibility index (Phi) is 5.02. The molecule has 150 valence electrons. The largest absolute Gasteiger partial charge is 0.491 e. The van der Waals surface area contributed by atoms with E-state index >= 15 is 0 Å². The summed E-state index contributed by atoms with van der Waals surface area (Å²) in [5.41, 5.74) is 5.37. The van der Waals surface area contributed by atoms with Crippen LogP contribution in [0.4, 0.5) is 5.95 Å². The molecule has 0 amide bonds. The molecule has 0 spiro atoms. The molecule has 0 unspecified atom stereocenters. The van der Waals surface area contributed by atoms with Crippen molar-refractivity contribution in [1.82, 2.24) is 15.3 Å². The third kappa shape index (κ3) is 3.71. The summed E-state index contributed by atoms with van der Waals surface area (Å²) >= 11 is 0. The Morgan fingerprint density at radius 1 is 1.07 bits per heavy atom. The number of hydrogen-bond acceptors (Lipinski definition) is 6. The zero-order valence-corrected chi connectivity index (χ0v) is 17.5. The molecule has 3 heterocycles. The number of para-hydroxylation sites is 1. The maximum absolute atomic E-state index is 6.15. The molecule has 0 bridgehead atoms. The third-order valence-corrected chi connectivity index (χ3v) is 5.24. The molecule has 1 aromatic heterocycles. The second-order valence-electron chi connectivity index (χ2n) is 8.65. The van der Waals surface area contributed by atoms with E-state index in [1.807, 2.05) is 0 Å². The highest BCUT2D eigenvalue weighted by Gasteiger charge is 2.30. The van der Waals surface area contributed by atoms with Crippen LogP contribution in [-0.2, 0) is 4.74 Å². The molecule has 1 fully saturated rings. The van der Waals surface area contributed by atoms with Gasteiger partial charge in [-0.25, -0.2) is 9.97 Å². The lowest BCUT2D eigenvalue weighted by Crippen LogP contribution is -2.39. The fraction of sp³-hybridized carbons (Fsp3) is 0.545. The zero-order chi connectivity index (χ0) is 19.9. The number of benzene rings is 1. The van der Waals surface area contributed by atoms with Crippen molar-refractivity contribution in [3.63, 3.8) is 0 Å². The molecule has 1 atom stereocenters. The van der Waals surface area contributed by atoms with Crippen LogP contribution in [-0.4, -0.2) is 48.4 Å². The van der Waals surface area contributed by atoms with Gasteiger partial charge in [-0.1, -0.05) is 18.2 Å². The summed E-state index contributed by atoms with van der Waals surface area (Å²) in [7, 11) is 0. The normalized spacial score (nSPS) is 19.5. The van der Waals surface area contributed by atoms with Gasteiger partial charge in [-0.2, -0.15) is 0 Å². The van der Waals surface area contributed by atoms with Gasteiger partial charge in [0.05, 0.1) is 30.6 Å². The molecule has 4 rings (SSSR count). The Hall–Kier alpha value is -2.18. The SMILES string of the molecule is Cc1nc(N2CCOCC2)nc(C)c1-c1cccc2c1OC[C@H]2NC(C)(C)C. The van der Waals surface area contributed by atoms with Crippen molar-refractivity contribution in [2.45, 2.75) is 46.2 Å². The minimum atomic E-state index is 0.0282. The molecule has 1 saturated heterocycles. The first-order valence-electron chi connectivity index (χ1n) is 10.1. The number of aryl methyl sites for hydroxylation is 2. The van der Waals surface area contributed by atoms with Gasteiger partial charge in [0, 0.05) is 35.3 Å². The standard InChI is InChI=1S/C22H30N4O2/c1-14-19(15(2)24-21(23-14)26-9-11-27-12-10-26)17-8-6-7-16-18(13-28-20(16)17)25-22(3,4)5/h6-8,18,25H,9-13H2,1-5H3/t18-/m1/s1. The highest BCUT2D eigenvalue weighted by atomic mass is 16.5. The molecule has 2 aromatic rings. The summed E-state index contributed by atoms with van der Waals surface area (Å²) in [5, 5.41) is 3.66. The van der Waals surface area contributed by atoms with Crippen LogP contribution in [0.25, 0.3) is 11.1 Å². The predicted octanol–water partition coefficient (Wildman–Crippen LogP) is 3.42. The van der Waals surface area contributed by atoms with Crippen molar-refractivity contribution in [2.24, 2.45) is 0 Å². The Labute approximate surface area is 167 Å². The summed E-state index contributed by atoms with van der Waals surface area (Å²) in [6.45, 7) is 14.4. The van der Waals surface area contributed by atoms with E-state index in [1.54, 1.807) is 0 Å². The van der Waals surface area contributed by atoms with Gasteiger partial charge < -0.3 is 19.7 Å². The van der Waals surface area contributed by atoms with Crippen molar-refractivity contribution in [3.05, 3.63) is 35.2 Å². The average Bonchev–Trinajstić information content (AvgIpc) is 3.04. The molecule has 6 nitrogen and oxygen atoms in total. The summed E-state index contributed by atoms with van der Waals surface area (Å²) in [4.78, 5) is 11.8. The first-order chi connectivity index (χ1) is 13.3. The van der Waals surface area contributed by atoms with Gasteiger partial charge in [0.1, 0.15) is 12.4 Å². The van der Waals surface area contributed by atoms with Gasteiger partial charge in [-0.3, -0.25) is 0 Å². The van der Waals surface area contributed by atoms with Gasteiger partial charge in [-0.05, 0) is 34.6 Å². The molecule has 1 N–H and O–H groups in total. The fourth-order valence-electron chi connectivity index (χ4n) is 4.08. The summed E-state index contributed by atoms with van der Waals surface area (Å²) < 4.78 is 11.6. The number of morpholine rings is 1. The molecule has 0 radical (unpaired) electrons. The lowest BCUT2D eigenvalue weighted by atomic mass is 9.96. The van der Waals surface area contributed by atoms with Crippen LogP contribution in [0.2, 0.25) is 0 Å². The topological polar surface area (TPSA) is 59.5 Å². The Bertz CT molecular complexity index is 846. The number of anilines is 1. The van der Waals surface area contributed by atoms with Crippen molar-refractivity contribution in [1.29, 1.82) is 0 Å². The van der Waals surface area contributed by atoms with E-state index in [4.69, 9.17) is 19.4 Å². The number of aromatic nitrogens is 2. The van der Waals surface area contributed by atoms with Crippen LogP contribution in [0.3, 0.4) is 0 Å². The van der Waals surface area contributed by atoms with E-state index in [1.165, 1.54) is 5.56 Å². The monoisotopic (exact) mass is 382 g/mol. The lowest BCUT2D eigenvalue weighted by Gasteiger charge is -2.27. The van der Waals surface area contributed by atoms with Crippen molar-refractivity contribution in [3.8, 4) is 16.9 Å². The minimum Gasteiger partial charge on any atom is -0.491 e. The summed E-state index contributed by atoms with van der Waals surface area (Å²) in [6.07, 6.45) is 0. The Morgan fingerprint density at radius 3 is 2.39 bits per heavy atom. The first-order valence-corrected chi connectivity index (χ1v) is 10.1.